The molecule has 0 aliphatic carbocycles. The van der Waals surface area contributed by atoms with Crippen molar-refractivity contribution in [3.8, 4) is 0 Å². The van der Waals surface area contributed by atoms with Gasteiger partial charge in [0.25, 0.3) is 0 Å². The summed E-state index contributed by atoms with van der Waals surface area (Å²) >= 11 is 0. The first-order valence-corrected chi connectivity index (χ1v) is 4.94. The molecule has 0 unspecified atom stereocenters. The van der Waals surface area contributed by atoms with Crippen LogP contribution >= 0.6 is 0 Å². The Morgan fingerprint density at radius 2 is 2.06 bits per heavy atom. The van der Waals surface area contributed by atoms with Gasteiger partial charge in [-0.05, 0) is 24.6 Å². The number of benzene rings is 1. The van der Waals surface area contributed by atoms with Crippen LogP contribution in [0.3, 0.4) is 0 Å². The van der Waals surface area contributed by atoms with E-state index in [1.807, 2.05) is 0 Å². The van der Waals surface area contributed by atoms with Crippen molar-refractivity contribution in [2.24, 2.45) is 0 Å². The highest BCUT2D eigenvalue weighted by atomic mass is 19.4. The van der Waals surface area contributed by atoms with E-state index < -0.39 is 18.6 Å². The van der Waals surface area contributed by atoms with Crippen molar-refractivity contribution < 1.29 is 23.1 Å². The number of alkyl halides is 3. The molecule has 0 saturated heterocycles. The fourth-order valence-electron chi connectivity index (χ4n) is 1.33. The van der Waals surface area contributed by atoms with Crippen LogP contribution in [0.25, 0.3) is 0 Å². The normalized spacial score (nSPS) is 11.3. The highest BCUT2D eigenvalue weighted by molar-refractivity contribution is 5.94. The summed E-state index contributed by atoms with van der Waals surface area (Å²) in [4.78, 5) is 10.8. The Kier molecular flexibility index (Phi) is 3.98. The van der Waals surface area contributed by atoms with E-state index in [0.29, 0.717) is 0 Å². The molecule has 0 aromatic heterocycles. The Morgan fingerprint density at radius 1 is 1.41 bits per heavy atom. The van der Waals surface area contributed by atoms with Gasteiger partial charge in [0.1, 0.15) is 0 Å². The first-order valence-electron chi connectivity index (χ1n) is 4.94. The van der Waals surface area contributed by atoms with Gasteiger partial charge in [-0.25, -0.2) is 4.79 Å². The van der Waals surface area contributed by atoms with Gasteiger partial charge in [-0.1, -0.05) is 6.07 Å². The predicted molar refractivity (Wildman–Crippen MR) is 57.3 cm³/mol. The zero-order valence-corrected chi connectivity index (χ0v) is 9.14. The Morgan fingerprint density at radius 3 is 2.59 bits per heavy atom. The second-order valence-corrected chi connectivity index (χ2v) is 3.65. The monoisotopic (exact) mass is 247 g/mol. The van der Waals surface area contributed by atoms with Crippen LogP contribution in [0.1, 0.15) is 22.3 Å². The molecule has 94 valence electrons. The molecule has 1 aromatic rings. The van der Waals surface area contributed by atoms with Gasteiger partial charge >= 0.3 is 12.1 Å². The Balaban J connectivity index is 2.75. The fourth-order valence-corrected chi connectivity index (χ4v) is 1.33. The zero-order chi connectivity index (χ0) is 13.1. The number of aryl methyl sites for hydroxylation is 1. The van der Waals surface area contributed by atoms with E-state index in [9.17, 15) is 18.0 Å². The quantitative estimate of drug-likeness (QED) is 0.859. The summed E-state index contributed by atoms with van der Waals surface area (Å²) in [7, 11) is 0. The fraction of sp³-hybridized carbons (Fsp3) is 0.364. The van der Waals surface area contributed by atoms with Crippen molar-refractivity contribution in [1.82, 2.24) is 0 Å². The largest absolute Gasteiger partial charge is 0.478 e. The van der Waals surface area contributed by atoms with E-state index in [2.05, 4.69) is 5.32 Å². The lowest BCUT2D eigenvalue weighted by molar-refractivity contribution is -0.131. The molecule has 3 nitrogen and oxygen atoms in total. The summed E-state index contributed by atoms with van der Waals surface area (Å²) in [5, 5.41) is 11.3. The highest BCUT2D eigenvalue weighted by Gasteiger charge is 2.26. The van der Waals surface area contributed by atoms with Crippen molar-refractivity contribution in [2.45, 2.75) is 19.5 Å². The number of carbonyl (C=O) groups is 1. The van der Waals surface area contributed by atoms with Gasteiger partial charge in [-0.15, -0.1) is 0 Å². The number of carboxylic acids is 1. The molecule has 0 spiro atoms. The first kappa shape index (κ1) is 13.3. The SMILES string of the molecule is Cc1ccc(C(=O)O)c(NCCC(F)(F)F)c1. The summed E-state index contributed by atoms with van der Waals surface area (Å²) in [5.41, 5.74) is 0.962. The molecule has 6 heteroatoms. The molecule has 0 atom stereocenters. The molecule has 17 heavy (non-hydrogen) atoms. The van der Waals surface area contributed by atoms with Crippen LogP contribution in [0.2, 0.25) is 0 Å². The van der Waals surface area contributed by atoms with Crippen LogP contribution in [-0.4, -0.2) is 23.8 Å². The number of hydrogen-bond donors (Lipinski definition) is 2. The van der Waals surface area contributed by atoms with Crippen LogP contribution in [0.15, 0.2) is 18.2 Å². The number of carboxylic acid groups (broad SMARTS) is 1. The van der Waals surface area contributed by atoms with Gasteiger partial charge < -0.3 is 10.4 Å². The van der Waals surface area contributed by atoms with Crippen LogP contribution in [0.4, 0.5) is 18.9 Å². The maximum atomic E-state index is 11.9. The summed E-state index contributed by atoms with van der Waals surface area (Å²) in [6.45, 7) is 1.40. The molecule has 0 heterocycles. The van der Waals surface area contributed by atoms with Gasteiger partial charge in [-0.2, -0.15) is 13.2 Å². The molecule has 0 bridgehead atoms. The minimum absolute atomic E-state index is 0.0298. The van der Waals surface area contributed by atoms with Crippen molar-refractivity contribution >= 4 is 11.7 Å². The van der Waals surface area contributed by atoms with E-state index in [4.69, 9.17) is 5.11 Å². The van der Waals surface area contributed by atoms with Gasteiger partial charge in [0, 0.05) is 12.2 Å². The summed E-state index contributed by atoms with van der Waals surface area (Å²) in [5.74, 6) is -1.17. The van der Waals surface area contributed by atoms with Crippen LogP contribution < -0.4 is 5.32 Å². The topological polar surface area (TPSA) is 49.3 Å². The van der Waals surface area contributed by atoms with Gasteiger partial charge in [-0.3, -0.25) is 0 Å². The van der Waals surface area contributed by atoms with Crippen molar-refractivity contribution in [3.63, 3.8) is 0 Å². The lowest BCUT2D eigenvalue weighted by Gasteiger charge is -2.11. The van der Waals surface area contributed by atoms with E-state index in [1.54, 1.807) is 13.0 Å². The third-order valence-corrected chi connectivity index (χ3v) is 2.13. The lowest BCUT2D eigenvalue weighted by atomic mass is 10.1. The number of aromatic carboxylic acids is 1. The first-order chi connectivity index (χ1) is 7.79. The third-order valence-electron chi connectivity index (χ3n) is 2.13. The van der Waals surface area contributed by atoms with Gasteiger partial charge in [0.05, 0.1) is 12.0 Å². The number of nitrogens with one attached hydrogen (secondary N) is 1. The minimum Gasteiger partial charge on any atom is -0.478 e. The lowest BCUT2D eigenvalue weighted by Crippen LogP contribution is -2.16. The molecule has 0 fully saturated rings. The molecule has 0 aliphatic rings. The van der Waals surface area contributed by atoms with Crippen molar-refractivity contribution in [2.75, 3.05) is 11.9 Å². The molecular weight excluding hydrogens is 235 g/mol. The maximum absolute atomic E-state index is 11.9. The number of hydrogen-bond acceptors (Lipinski definition) is 2. The van der Waals surface area contributed by atoms with Gasteiger partial charge in [0.2, 0.25) is 0 Å². The van der Waals surface area contributed by atoms with Crippen LogP contribution in [0.5, 0.6) is 0 Å². The highest BCUT2D eigenvalue weighted by Crippen LogP contribution is 2.21. The molecule has 1 rings (SSSR count). The number of anilines is 1. The van der Waals surface area contributed by atoms with Gasteiger partial charge in [0.15, 0.2) is 0 Å². The number of rotatable bonds is 4. The molecule has 0 aliphatic heterocycles. The molecule has 1 aromatic carbocycles. The molecule has 0 saturated carbocycles. The molecule has 0 radical (unpaired) electrons. The van der Waals surface area contributed by atoms with E-state index in [-0.39, 0.29) is 17.8 Å². The second kappa shape index (κ2) is 5.07. The van der Waals surface area contributed by atoms with Crippen LogP contribution in [0, 0.1) is 6.92 Å². The van der Waals surface area contributed by atoms with Crippen LogP contribution in [-0.2, 0) is 0 Å². The Hall–Kier alpha value is -1.72. The summed E-state index contributed by atoms with van der Waals surface area (Å²) in [6.07, 6.45) is -5.25. The smallest absolute Gasteiger partial charge is 0.390 e. The van der Waals surface area contributed by atoms with Crippen molar-refractivity contribution in [3.05, 3.63) is 29.3 Å². The predicted octanol–water partition coefficient (Wildman–Crippen LogP) is 3.06. The Labute approximate surface area is 96.3 Å². The number of halogens is 3. The summed E-state index contributed by atoms with van der Waals surface area (Å²) < 4.78 is 35.8. The molecule has 2 N–H and O–H groups in total. The standard InChI is InChI=1S/C11H12F3NO2/c1-7-2-3-8(10(16)17)9(6-7)15-5-4-11(12,13)14/h2-3,6,15H,4-5H2,1H3,(H,16,17). The Bertz CT molecular complexity index is 416. The average Bonchev–Trinajstić information content (AvgIpc) is 2.15. The molecule has 0 amide bonds. The van der Waals surface area contributed by atoms with Crippen molar-refractivity contribution in [1.29, 1.82) is 0 Å². The van der Waals surface area contributed by atoms with E-state index in [0.717, 1.165) is 5.56 Å². The third kappa shape index (κ3) is 4.34. The van der Waals surface area contributed by atoms with E-state index in [1.165, 1.54) is 12.1 Å². The van der Waals surface area contributed by atoms with E-state index >= 15 is 0 Å². The molecular formula is C11H12F3NO2. The average molecular weight is 247 g/mol. The minimum atomic E-state index is -4.25. The maximum Gasteiger partial charge on any atom is 0.390 e. The second-order valence-electron chi connectivity index (χ2n) is 3.65. The summed E-state index contributed by atoms with van der Waals surface area (Å²) in [6, 6.07) is 4.48. The zero-order valence-electron chi connectivity index (χ0n) is 9.14.